The molecule has 11 heteroatoms. The summed E-state index contributed by atoms with van der Waals surface area (Å²) >= 11 is 0. The molecule has 0 saturated heterocycles. The molecular formula is C37H54N4O7. The van der Waals surface area contributed by atoms with Crippen LogP contribution < -0.4 is 21.4 Å². The van der Waals surface area contributed by atoms with E-state index in [2.05, 4.69) is 53.5 Å². The molecule has 0 spiro atoms. The summed E-state index contributed by atoms with van der Waals surface area (Å²) in [7, 11) is 0. The van der Waals surface area contributed by atoms with Crippen molar-refractivity contribution in [2.75, 3.05) is 52.6 Å². The highest BCUT2D eigenvalue weighted by atomic mass is 16.6. The Morgan fingerprint density at radius 1 is 0.667 bits per heavy atom. The number of allylic oxidation sites excluding steroid dienone is 2. The maximum atomic E-state index is 12.8. The van der Waals surface area contributed by atoms with Crippen LogP contribution in [-0.4, -0.2) is 75.7 Å². The summed E-state index contributed by atoms with van der Waals surface area (Å²) in [5.74, 6) is -0.0210. The Morgan fingerprint density at radius 2 is 1.23 bits per heavy atom. The van der Waals surface area contributed by atoms with Crippen molar-refractivity contribution < 1.29 is 33.8 Å². The minimum atomic E-state index is -0.434. The van der Waals surface area contributed by atoms with Gasteiger partial charge in [0.1, 0.15) is 6.10 Å². The molecule has 0 saturated carbocycles. The third-order valence-electron chi connectivity index (χ3n) is 8.40. The molecule has 1 aliphatic carbocycles. The highest BCUT2D eigenvalue weighted by Crippen LogP contribution is 2.38. The van der Waals surface area contributed by atoms with E-state index >= 15 is 0 Å². The van der Waals surface area contributed by atoms with E-state index in [1.54, 1.807) is 0 Å². The molecular weight excluding hydrogens is 612 g/mol. The van der Waals surface area contributed by atoms with Crippen LogP contribution in [0.5, 0.6) is 0 Å². The number of hydroxylamine groups is 1. The molecule has 0 bridgehead atoms. The number of ether oxygens (including phenoxy) is 3. The molecule has 1 atom stereocenters. The van der Waals surface area contributed by atoms with E-state index in [0.29, 0.717) is 71.9 Å². The molecule has 0 radical (unpaired) electrons. The third-order valence-corrected chi connectivity index (χ3v) is 8.40. The van der Waals surface area contributed by atoms with Crippen LogP contribution in [0.3, 0.4) is 0 Å². The number of nitrogens with one attached hydrogen (secondary N) is 4. The first-order valence-electron chi connectivity index (χ1n) is 17.3. The highest BCUT2D eigenvalue weighted by molar-refractivity contribution is 5.91. The van der Waals surface area contributed by atoms with Gasteiger partial charge in [0.15, 0.2) is 0 Å². The second-order valence-corrected chi connectivity index (χ2v) is 12.0. The number of carbonyl (C=O) groups excluding carboxylic acids is 3. The van der Waals surface area contributed by atoms with Crippen LogP contribution >= 0.6 is 0 Å². The van der Waals surface area contributed by atoms with E-state index in [-0.39, 0.29) is 11.8 Å². The number of carbonyl (C=O) groups is 3. The average molecular weight is 667 g/mol. The van der Waals surface area contributed by atoms with Gasteiger partial charge < -0.3 is 35.4 Å². The zero-order valence-corrected chi connectivity index (χ0v) is 28.6. The third kappa shape index (κ3) is 14.1. The Balaban J connectivity index is 1.19. The van der Waals surface area contributed by atoms with Crippen LogP contribution in [0.25, 0.3) is 11.1 Å². The molecule has 0 heterocycles. The summed E-state index contributed by atoms with van der Waals surface area (Å²) in [6.07, 6.45) is 5.48. The molecule has 0 aliphatic heterocycles. The number of benzene rings is 2. The van der Waals surface area contributed by atoms with Crippen molar-refractivity contribution in [1.29, 1.82) is 0 Å². The molecule has 3 rings (SSSR count). The lowest BCUT2D eigenvalue weighted by atomic mass is 9.84. The fourth-order valence-corrected chi connectivity index (χ4v) is 5.64. The van der Waals surface area contributed by atoms with Gasteiger partial charge in [-0.25, -0.2) is 10.3 Å². The first-order chi connectivity index (χ1) is 23.4. The zero-order chi connectivity index (χ0) is 34.4. The first kappa shape index (κ1) is 38.7. The molecule has 0 aromatic heterocycles. The van der Waals surface area contributed by atoms with Crippen LogP contribution in [0.4, 0.5) is 4.79 Å². The van der Waals surface area contributed by atoms with Gasteiger partial charge in [-0.2, -0.15) is 0 Å². The molecule has 3 amide bonds. The number of fused-ring (bicyclic) bond motifs is 2. The molecule has 2 aromatic rings. The van der Waals surface area contributed by atoms with Gasteiger partial charge in [0.25, 0.3) is 0 Å². The predicted octanol–water partition coefficient (Wildman–Crippen LogP) is 5.33. The fraction of sp³-hybridized carbons (Fsp3) is 0.541. The second kappa shape index (κ2) is 22.7. The van der Waals surface area contributed by atoms with Crippen LogP contribution in [0.15, 0.2) is 48.5 Å². The molecule has 48 heavy (non-hydrogen) atoms. The maximum absolute atomic E-state index is 12.8. The number of amides is 3. The van der Waals surface area contributed by atoms with Crippen molar-refractivity contribution in [3.8, 4) is 0 Å². The normalized spacial score (nSPS) is 15.4. The summed E-state index contributed by atoms with van der Waals surface area (Å²) in [6.45, 7) is 7.82. The van der Waals surface area contributed by atoms with E-state index in [0.717, 1.165) is 55.2 Å². The SMILES string of the molecule is C/C1=C(\C)c2ccccc2C(OC(=O)NCCCCCC(=O)NCCOCCOCCNC(=O)CCCCCNO)Cc2ccccc21. The highest BCUT2D eigenvalue weighted by Gasteiger charge is 2.25. The summed E-state index contributed by atoms with van der Waals surface area (Å²) in [6, 6.07) is 16.4. The quantitative estimate of drug-likeness (QED) is 0.0838. The van der Waals surface area contributed by atoms with Crippen LogP contribution in [0.2, 0.25) is 0 Å². The molecule has 0 fully saturated rings. The number of unbranched alkanes of at least 4 members (excludes halogenated alkanes) is 4. The number of alkyl carbamates (subject to hydrolysis) is 1. The van der Waals surface area contributed by atoms with Crippen molar-refractivity contribution in [3.63, 3.8) is 0 Å². The van der Waals surface area contributed by atoms with Crippen LogP contribution in [0, 0.1) is 0 Å². The van der Waals surface area contributed by atoms with Crippen LogP contribution in [0.1, 0.15) is 93.6 Å². The van der Waals surface area contributed by atoms with Gasteiger partial charge in [0.05, 0.1) is 26.4 Å². The van der Waals surface area contributed by atoms with Crippen LogP contribution in [-0.2, 0) is 30.2 Å². The lowest BCUT2D eigenvalue weighted by Gasteiger charge is -2.26. The van der Waals surface area contributed by atoms with Crippen molar-refractivity contribution in [2.45, 2.75) is 77.7 Å². The maximum Gasteiger partial charge on any atom is 0.407 e. The minimum Gasteiger partial charge on any atom is -0.441 e. The van der Waals surface area contributed by atoms with E-state index in [1.165, 1.54) is 16.7 Å². The van der Waals surface area contributed by atoms with Crippen molar-refractivity contribution in [1.82, 2.24) is 21.4 Å². The second-order valence-electron chi connectivity index (χ2n) is 12.0. The Morgan fingerprint density at radius 3 is 1.88 bits per heavy atom. The number of rotatable bonds is 22. The molecule has 1 unspecified atom stereocenters. The summed E-state index contributed by atoms with van der Waals surface area (Å²) in [4.78, 5) is 36.7. The summed E-state index contributed by atoms with van der Waals surface area (Å²) < 4.78 is 16.9. The summed E-state index contributed by atoms with van der Waals surface area (Å²) in [5.41, 5.74) is 8.98. The van der Waals surface area contributed by atoms with Crippen molar-refractivity contribution >= 4 is 29.1 Å². The summed E-state index contributed by atoms with van der Waals surface area (Å²) in [5, 5.41) is 17.1. The van der Waals surface area contributed by atoms with Gasteiger partial charge in [-0.1, -0.05) is 61.4 Å². The van der Waals surface area contributed by atoms with E-state index < -0.39 is 12.2 Å². The Bertz CT molecular complexity index is 1320. The molecule has 1 aliphatic rings. The lowest BCUT2D eigenvalue weighted by Crippen LogP contribution is -2.29. The molecule has 2 aromatic carbocycles. The standard InChI is InChI=1S/C37H54N4O7/c1-28-29(2)32-15-9-10-16-33(32)34(27-30-13-7-8-14-31(28)30)48-37(44)40-19-11-3-5-17-35(42)38-21-23-46-25-26-47-24-22-39-36(43)18-6-4-12-20-41-45/h7-10,13-16,34,41,45H,3-6,11-12,17-27H2,1-2H3,(H,38,42)(H,39,43)(H,40,44)/b29-28-. The predicted molar refractivity (Wildman–Crippen MR) is 186 cm³/mol. The van der Waals surface area contributed by atoms with Gasteiger partial charge >= 0.3 is 6.09 Å². The Labute approximate surface area is 285 Å². The van der Waals surface area contributed by atoms with Gasteiger partial charge in [-0.15, -0.1) is 0 Å². The molecule has 264 valence electrons. The topological polar surface area (TPSA) is 147 Å². The number of hydrogen-bond donors (Lipinski definition) is 5. The largest absolute Gasteiger partial charge is 0.441 e. The zero-order valence-electron chi connectivity index (χ0n) is 28.6. The average Bonchev–Trinajstić information content (AvgIpc) is 3.09. The monoisotopic (exact) mass is 666 g/mol. The first-order valence-corrected chi connectivity index (χ1v) is 17.3. The van der Waals surface area contributed by atoms with Gasteiger partial charge in [0.2, 0.25) is 11.8 Å². The van der Waals surface area contributed by atoms with Crippen molar-refractivity contribution in [3.05, 3.63) is 70.8 Å². The smallest absolute Gasteiger partial charge is 0.407 e. The Hall–Kier alpha value is -3.77. The van der Waals surface area contributed by atoms with Gasteiger partial charge in [0, 0.05) is 51.0 Å². The molecule has 11 nitrogen and oxygen atoms in total. The van der Waals surface area contributed by atoms with Gasteiger partial charge in [-0.3, -0.25) is 9.59 Å². The Kier molecular flexibility index (Phi) is 18.3. The molecule has 5 N–H and O–H groups in total. The van der Waals surface area contributed by atoms with E-state index in [4.69, 9.17) is 19.4 Å². The van der Waals surface area contributed by atoms with E-state index in [9.17, 15) is 14.4 Å². The fourth-order valence-electron chi connectivity index (χ4n) is 5.64. The van der Waals surface area contributed by atoms with Crippen molar-refractivity contribution in [2.24, 2.45) is 0 Å². The van der Waals surface area contributed by atoms with Gasteiger partial charge in [-0.05, 0) is 67.4 Å². The number of hydrogen-bond acceptors (Lipinski definition) is 8. The van der Waals surface area contributed by atoms with E-state index in [1.807, 2.05) is 30.3 Å². The lowest BCUT2D eigenvalue weighted by molar-refractivity contribution is -0.122. The minimum absolute atomic E-state index is 0.00138.